The van der Waals surface area contributed by atoms with Gasteiger partial charge in [0.1, 0.15) is 10.4 Å². The van der Waals surface area contributed by atoms with Gasteiger partial charge in [-0.1, -0.05) is 6.07 Å². The van der Waals surface area contributed by atoms with Crippen LogP contribution in [0.3, 0.4) is 0 Å². The minimum atomic E-state index is -0.620. The minimum Gasteiger partial charge on any atom is -0.318 e. The van der Waals surface area contributed by atoms with Gasteiger partial charge in [0.2, 0.25) is 5.91 Å². The molecule has 0 aliphatic carbocycles. The number of amides is 1. The van der Waals surface area contributed by atoms with Crippen molar-refractivity contribution in [2.45, 2.75) is 13.8 Å². The molecule has 1 N–H and O–H groups in total. The summed E-state index contributed by atoms with van der Waals surface area (Å²) in [6, 6.07) is 4.46. The van der Waals surface area contributed by atoms with Crippen molar-refractivity contribution in [1.29, 1.82) is 0 Å². The first-order valence-electron chi connectivity index (χ1n) is 5.83. The summed E-state index contributed by atoms with van der Waals surface area (Å²) in [6.07, 6.45) is 0. The second-order valence-electron chi connectivity index (χ2n) is 4.32. The standard InChI is InChI=1S/C13H10Br2FN3O2/c1-6-3-4-9(8(16)5-6)17-13(21)11-10(14)12(15)19(18-11)7(2)20/h3-5H,1-2H3,(H,17,21). The smallest absolute Gasteiger partial charge is 0.277 e. The molecule has 0 radical (unpaired) electrons. The molecule has 0 atom stereocenters. The molecule has 21 heavy (non-hydrogen) atoms. The zero-order valence-electron chi connectivity index (χ0n) is 11.1. The third-order valence-corrected chi connectivity index (χ3v) is 4.68. The molecule has 0 saturated heterocycles. The predicted octanol–water partition coefficient (Wildman–Crippen LogP) is 3.77. The third-order valence-electron chi connectivity index (χ3n) is 2.66. The summed E-state index contributed by atoms with van der Waals surface area (Å²) in [6.45, 7) is 3.06. The van der Waals surface area contributed by atoms with Crippen molar-refractivity contribution in [3.8, 4) is 0 Å². The van der Waals surface area contributed by atoms with Crippen LogP contribution in [0.4, 0.5) is 10.1 Å². The number of carbonyl (C=O) groups is 2. The number of carbonyl (C=O) groups excluding carboxylic acids is 2. The van der Waals surface area contributed by atoms with Crippen LogP contribution in [0, 0.1) is 12.7 Å². The van der Waals surface area contributed by atoms with Crippen LogP contribution in [0.1, 0.15) is 27.8 Å². The number of anilines is 1. The highest BCUT2D eigenvalue weighted by molar-refractivity contribution is 9.13. The maximum atomic E-state index is 13.7. The van der Waals surface area contributed by atoms with Gasteiger partial charge in [-0.15, -0.1) is 0 Å². The van der Waals surface area contributed by atoms with Crippen LogP contribution in [0.2, 0.25) is 0 Å². The first kappa shape index (κ1) is 15.8. The fourth-order valence-corrected chi connectivity index (χ4v) is 2.58. The Labute approximate surface area is 136 Å². The number of nitrogens with one attached hydrogen (secondary N) is 1. The second kappa shape index (κ2) is 6.07. The highest BCUT2D eigenvalue weighted by atomic mass is 79.9. The van der Waals surface area contributed by atoms with Crippen molar-refractivity contribution in [3.63, 3.8) is 0 Å². The Balaban J connectivity index is 2.33. The molecule has 0 spiro atoms. The van der Waals surface area contributed by atoms with E-state index in [1.165, 1.54) is 19.1 Å². The average molecular weight is 419 g/mol. The van der Waals surface area contributed by atoms with E-state index in [1.807, 2.05) is 0 Å². The fraction of sp³-hybridized carbons (Fsp3) is 0.154. The van der Waals surface area contributed by atoms with E-state index in [0.29, 0.717) is 9.08 Å². The molecule has 0 aliphatic heterocycles. The zero-order valence-corrected chi connectivity index (χ0v) is 14.2. The summed E-state index contributed by atoms with van der Waals surface area (Å²) in [4.78, 5) is 23.5. The minimum absolute atomic E-state index is 0.0166. The van der Waals surface area contributed by atoms with E-state index in [0.717, 1.165) is 10.2 Å². The molecule has 0 fully saturated rings. The summed E-state index contributed by atoms with van der Waals surface area (Å²) in [5.74, 6) is -1.52. The summed E-state index contributed by atoms with van der Waals surface area (Å²) >= 11 is 6.33. The monoisotopic (exact) mass is 417 g/mol. The highest BCUT2D eigenvalue weighted by Gasteiger charge is 2.22. The number of nitrogens with zero attached hydrogens (tertiary/aromatic N) is 2. The van der Waals surface area contributed by atoms with Crippen molar-refractivity contribution in [3.05, 3.63) is 44.3 Å². The van der Waals surface area contributed by atoms with E-state index in [4.69, 9.17) is 0 Å². The highest BCUT2D eigenvalue weighted by Crippen LogP contribution is 2.27. The zero-order chi connectivity index (χ0) is 15.7. The van der Waals surface area contributed by atoms with E-state index in [1.54, 1.807) is 13.0 Å². The van der Waals surface area contributed by atoms with Crippen molar-refractivity contribution < 1.29 is 14.0 Å². The van der Waals surface area contributed by atoms with Gasteiger partial charge in [0.05, 0.1) is 10.2 Å². The van der Waals surface area contributed by atoms with Gasteiger partial charge in [0, 0.05) is 6.92 Å². The van der Waals surface area contributed by atoms with Crippen molar-refractivity contribution in [1.82, 2.24) is 9.78 Å². The molecule has 8 heteroatoms. The number of aryl methyl sites for hydroxylation is 1. The lowest BCUT2D eigenvalue weighted by Gasteiger charge is -2.05. The maximum absolute atomic E-state index is 13.7. The van der Waals surface area contributed by atoms with Crippen LogP contribution in [-0.2, 0) is 0 Å². The first-order valence-corrected chi connectivity index (χ1v) is 7.42. The second-order valence-corrected chi connectivity index (χ2v) is 5.87. The van der Waals surface area contributed by atoms with Gasteiger partial charge >= 0.3 is 0 Å². The summed E-state index contributed by atoms with van der Waals surface area (Å²) in [5.41, 5.74) is 0.776. The Kier molecular flexibility index (Phi) is 4.58. The molecule has 2 aromatic rings. The van der Waals surface area contributed by atoms with Gasteiger partial charge in [0.15, 0.2) is 5.69 Å². The lowest BCUT2D eigenvalue weighted by atomic mass is 10.2. The quantitative estimate of drug-likeness (QED) is 0.807. The molecular weight excluding hydrogens is 409 g/mol. The van der Waals surface area contributed by atoms with E-state index in [2.05, 4.69) is 42.3 Å². The van der Waals surface area contributed by atoms with Crippen molar-refractivity contribution >= 4 is 49.4 Å². The average Bonchev–Trinajstić information content (AvgIpc) is 2.70. The van der Waals surface area contributed by atoms with E-state index >= 15 is 0 Å². The first-order chi connectivity index (χ1) is 9.81. The Morgan fingerprint density at radius 1 is 1.33 bits per heavy atom. The largest absolute Gasteiger partial charge is 0.318 e. The molecule has 2 rings (SSSR count). The van der Waals surface area contributed by atoms with Crippen molar-refractivity contribution in [2.75, 3.05) is 5.32 Å². The molecule has 0 aliphatic rings. The SMILES string of the molecule is CC(=O)n1nc(C(=O)Nc2ccc(C)cc2F)c(Br)c1Br. The van der Waals surface area contributed by atoms with Gasteiger partial charge in [-0.3, -0.25) is 9.59 Å². The Hall–Kier alpha value is -1.54. The van der Waals surface area contributed by atoms with Crippen LogP contribution < -0.4 is 5.32 Å². The number of hydrogen-bond donors (Lipinski definition) is 1. The van der Waals surface area contributed by atoms with Gasteiger partial charge in [0.25, 0.3) is 5.91 Å². The lowest BCUT2D eigenvalue weighted by molar-refractivity contribution is 0.0917. The normalized spacial score (nSPS) is 10.5. The third kappa shape index (κ3) is 3.21. The summed E-state index contributed by atoms with van der Waals surface area (Å²) < 4.78 is 15.4. The Morgan fingerprint density at radius 3 is 2.52 bits per heavy atom. The van der Waals surface area contributed by atoms with Crippen LogP contribution in [0.15, 0.2) is 27.3 Å². The predicted molar refractivity (Wildman–Crippen MR) is 83.0 cm³/mol. The van der Waals surface area contributed by atoms with Crippen LogP contribution >= 0.6 is 31.9 Å². The topological polar surface area (TPSA) is 64.0 Å². The van der Waals surface area contributed by atoms with Gasteiger partial charge in [-0.25, -0.2) is 4.39 Å². The summed E-state index contributed by atoms with van der Waals surface area (Å²) in [7, 11) is 0. The van der Waals surface area contributed by atoms with E-state index in [-0.39, 0.29) is 17.3 Å². The van der Waals surface area contributed by atoms with E-state index < -0.39 is 11.7 Å². The molecule has 1 amide bonds. The van der Waals surface area contributed by atoms with Crippen LogP contribution in [-0.4, -0.2) is 21.6 Å². The molecule has 1 aromatic heterocycles. The maximum Gasteiger partial charge on any atom is 0.277 e. The number of halogens is 3. The van der Waals surface area contributed by atoms with Crippen LogP contribution in [0.25, 0.3) is 0 Å². The number of aromatic nitrogens is 2. The van der Waals surface area contributed by atoms with Gasteiger partial charge in [-0.2, -0.15) is 9.78 Å². The molecule has 0 saturated carbocycles. The van der Waals surface area contributed by atoms with Gasteiger partial charge < -0.3 is 5.32 Å². The summed E-state index contributed by atoms with van der Waals surface area (Å²) in [5, 5.41) is 6.31. The number of hydrogen-bond acceptors (Lipinski definition) is 3. The van der Waals surface area contributed by atoms with E-state index in [9.17, 15) is 14.0 Å². The molecule has 0 unspecified atom stereocenters. The molecule has 110 valence electrons. The van der Waals surface area contributed by atoms with Crippen molar-refractivity contribution in [2.24, 2.45) is 0 Å². The molecule has 0 bridgehead atoms. The number of benzene rings is 1. The fourth-order valence-electron chi connectivity index (χ4n) is 1.64. The molecule has 1 aromatic carbocycles. The molecular formula is C13H10Br2FN3O2. The lowest BCUT2D eigenvalue weighted by Crippen LogP contribution is -2.16. The number of rotatable bonds is 2. The van der Waals surface area contributed by atoms with Crippen LogP contribution in [0.5, 0.6) is 0 Å². The Bertz CT molecular complexity index is 743. The Morgan fingerprint density at radius 2 is 2.00 bits per heavy atom. The molecule has 1 heterocycles. The molecule has 5 nitrogen and oxygen atoms in total. The van der Waals surface area contributed by atoms with Gasteiger partial charge in [-0.05, 0) is 56.5 Å².